The molecule has 1 heterocycles. The average molecular weight is 186 g/mol. The van der Waals surface area contributed by atoms with Crippen LogP contribution in [-0.4, -0.2) is 38.7 Å². The van der Waals surface area contributed by atoms with Crippen molar-refractivity contribution in [1.82, 2.24) is 5.43 Å². The largest absolute Gasteiger partial charge is 0.373 e. The maximum atomic E-state index is 5.27. The molecular formula is C9H18N2O2. The monoisotopic (exact) mass is 186 g/mol. The average Bonchev–Trinajstić information content (AvgIpc) is 2.32. The molecule has 1 fully saturated rings. The predicted molar refractivity (Wildman–Crippen MR) is 51.9 cm³/mol. The summed E-state index contributed by atoms with van der Waals surface area (Å²) >= 11 is 0. The Labute approximate surface area is 79.3 Å². The Hall–Kier alpha value is -0.610. The van der Waals surface area contributed by atoms with Crippen molar-refractivity contribution in [3.63, 3.8) is 0 Å². The van der Waals surface area contributed by atoms with Crippen LogP contribution in [0.15, 0.2) is 5.10 Å². The van der Waals surface area contributed by atoms with Gasteiger partial charge in [0, 0.05) is 6.54 Å². The van der Waals surface area contributed by atoms with E-state index in [-0.39, 0.29) is 0 Å². The van der Waals surface area contributed by atoms with Crippen LogP contribution in [0.5, 0.6) is 0 Å². The first-order valence-corrected chi connectivity index (χ1v) is 4.73. The van der Waals surface area contributed by atoms with Crippen molar-refractivity contribution in [3.8, 4) is 0 Å². The van der Waals surface area contributed by atoms with Crippen LogP contribution in [0, 0.1) is 5.92 Å². The van der Waals surface area contributed by atoms with Gasteiger partial charge in [-0.1, -0.05) is 13.8 Å². The lowest BCUT2D eigenvalue weighted by Gasteiger charge is -2.05. The van der Waals surface area contributed by atoms with Gasteiger partial charge in [-0.25, -0.2) is 0 Å². The van der Waals surface area contributed by atoms with Gasteiger partial charge in [0.05, 0.1) is 32.1 Å². The topological polar surface area (TPSA) is 42.9 Å². The lowest BCUT2D eigenvalue weighted by molar-refractivity contribution is 0.103. The van der Waals surface area contributed by atoms with E-state index in [2.05, 4.69) is 24.4 Å². The van der Waals surface area contributed by atoms with Crippen LogP contribution in [0.3, 0.4) is 0 Å². The number of ether oxygens (including phenoxy) is 2. The van der Waals surface area contributed by atoms with E-state index in [0.717, 1.165) is 12.3 Å². The molecule has 0 saturated carbocycles. The summed E-state index contributed by atoms with van der Waals surface area (Å²) in [5.74, 6) is 0.608. The van der Waals surface area contributed by atoms with Crippen molar-refractivity contribution in [2.45, 2.75) is 13.8 Å². The van der Waals surface area contributed by atoms with Gasteiger partial charge in [0.25, 0.3) is 0 Å². The maximum absolute atomic E-state index is 5.27. The molecule has 1 rings (SSSR count). The second-order valence-corrected chi connectivity index (χ2v) is 3.54. The SMILES string of the molecule is CC(C)CNN=C1COCCOC1. The molecule has 0 unspecified atom stereocenters. The zero-order valence-corrected chi connectivity index (χ0v) is 8.38. The highest BCUT2D eigenvalue weighted by Gasteiger charge is 2.05. The molecule has 13 heavy (non-hydrogen) atoms. The number of rotatable bonds is 3. The van der Waals surface area contributed by atoms with Crippen molar-refractivity contribution in [3.05, 3.63) is 0 Å². The summed E-state index contributed by atoms with van der Waals surface area (Å²) in [4.78, 5) is 0. The highest BCUT2D eigenvalue weighted by Crippen LogP contribution is 1.92. The van der Waals surface area contributed by atoms with Gasteiger partial charge in [-0.15, -0.1) is 0 Å². The van der Waals surface area contributed by atoms with Crippen molar-refractivity contribution in [2.24, 2.45) is 11.0 Å². The van der Waals surface area contributed by atoms with Crippen LogP contribution < -0.4 is 5.43 Å². The molecule has 0 aliphatic carbocycles. The Kier molecular flexibility index (Phi) is 4.78. The van der Waals surface area contributed by atoms with E-state index in [1.54, 1.807) is 0 Å². The first kappa shape index (κ1) is 10.5. The van der Waals surface area contributed by atoms with E-state index in [1.807, 2.05) is 0 Å². The lowest BCUT2D eigenvalue weighted by atomic mass is 10.2. The lowest BCUT2D eigenvalue weighted by Crippen LogP contribution is -2.20. The van der Waals surface area contributed by atoms with Crippen LogP contribution in [0.1, 0.15) is 13.8 Å². The molecule has 0 aromatic rings. The molecule has 0 radical (unpaired) electrons. The number of hydrogen-bond acceptors (Lipinski definition) is 4. The summed E-state index contributed by atoms with van der Waals surface area (Å²) in [6.07, 6.45) is 0. The summed E-state index contributed by atoms with van der Waals surface area (Å²) < 4.78 is 10.5. The molecular weight excluding hydrogens is 168 g/mol. The van der Waals surface area contributed by atoms with Gasteiger partial charge < -0.3 is 14.9 Å². The molecule has 1 aliphatic heterocycles. The normalized spacial score (nSPS) is 18.5. The van der Waals surface area contributed by atoms with Crippen molar-refractivity contribution in [2.75, 3.05) is 33.0 Å². The summed E-state index contributed by atoms with van der Waals surface area (Å²) in [5, 5.41) is 4.20. The van der Waals surface area contributed by atoms with Crippen LogP contribution in [0.2, 0.25) is 0 Å². The molecule has 0 spiro atoms. The Balaban J connectivity index is 2.22. The zero-order valence-electron chi connectivity index (χ0n) is 8.38. The number of hydrazone groups is 1. The van der Waals surface area contributed by atoms with Crippen LogP contribution in [0.4, 0.5) is 0 Å². The molecule has 0 aromatic carbocycles. The van der Waals surface area contributed by atoms with Gasteiger partial charge in [0.1, 0.15) is 0 Å². The third-order valence-electron chi connectivity index (χ3n) is 1.65. The zero-order chi connectivity index (χ0) is 9.52. The highest BCUT2D eigenvalue weighted by atomic mass is 16.5. The highest BCUT2D eigenvalue weighted by molar-refractivity contribution is 5.86. The number of nitrogens with zero attached hydrogens (tertiary/aromatic N) is 1. The standard InChI is InChI=1S/C9H18N2O2/c1-8(2)5-10-11-9-6-12-3-4-13-7-9/h8,10H,3-7H2,1-2H3. The van der Waals surface area contributed by atoms with E-state index < -0.39 is 0 Å². The maximum Gasteiger partial charge on any atom is 0.0891 e. The summed E-state index contributed by atoms with van der Waals surface area (Å²) in [6.45, 7) is 7.70. The van der Waals surface area contributed by atoms with Gasteiger partial charge in [-0.05, 0) is 5.92 Å². The molecule has 1 N–H and O–H groups in total. The molecule has 0 amide bonds. The third-order valence-corrected chi connectivity index (χ3v) is 1.65. The Morgan fingerprint density at radius 2 is 1.92 bits per heavy atom. The van der Waals surface area contributed by atoms with Crippen LogP contribution in [-0.2, 0) is 9.47 Å². The van der Waals surface area contributed by atoms with E-state index in [1.165, 1.54) is 0 Å². The Morgan fingerprint density at radius 1 is 1.31 bits per heavy atom. The smallest absolute Gasteiger partial charge is 0.0891 e. The second kappa shape index (κ2) is 5.94. The minimum Gasteiger partial charge on any atom is -0.373 e. The molecule has 0 atom stereocenters. The first-order chi connectivity index (χ1) is 6.29. The molecule has 76 valence electrons. The van der Waals surface area contributed by atoms with Crippen molar-refractivity contribution >= 4 is 5.71 Å². The molecule has 1 saturated heterocycles. The summed E-state index contributed by atoms with van der Waals surface area (Å²) in [5.41, 5.74) is 3.95. The van der Waals surface area contributed by atoms with Crippen LogP contribution in [0.25, 0.3) is 0 Å². The minimum atomic E-state index is 0.588. The number of nitrogens with one attached hydrogen (secondary N) is 1. The summed E-state index contributed by atoms with van der Waals surface area (Å²) in [6, 6.07) is 0. The van der Waals surface area contributed by atoms with Crippen LogP contribution >= 0.6 is 0 Å². The summed E-state index contributed by atoms with van der Waals surface area (Å²) in [7, 11) is 0. The van der Waals surface area contributed by atoms with E-state index >= 15 is 0 Å². The van der Waals surface area contributed by atoms with E-state index in [0.29, 0.717) is 32.3 Å². The molecule has 4 nitrogen and oxygen atoms in total. The molecule has 0 bridgehead atoms. The minimum absolute atomic E-state index is 0.588. The fraction of sp³-hybridized carbons (Fsp3) is 0.889. The first-order valence-electron chi connectivity index (χ1n) is 4.73. The fourth-order valence-corrected chi connectivity index (χ4v) is 0.944. The van der Waals surface area contributed by atoms with Gasteiger partial charge in [0.15, 0.2) is 0 Å². The molecule has 1 aliphatic rings. The predicted octanol–water partition coefficient (Wildman–Crippen LogP) is 0.635. The molecule has 4 heteroatoms. The van der Waals surface area contributed by atoms with Crippen molar-refractivity contribution in [1.29, 1.82) is 0 Å². The molecule has 0 aromatic heterocycles. The fourth-order valence-electron chi connectivity index (χ4n) is 0.944. The van der Waals surface area contributed by atoms with Gasteiger partial charge in [-0.2, -0.15) is 5.10 Å². The second-order valence-electron chi connectivity index (χ2n) is 3.54. The Bertz CT molecular complexity index is 159. The van der Waals surface area contributed by atoms with Crippen molar-refractivity contribution < 1.29 is 9.47 Å². The third kappa shape index (κ3) is 4.85. The van der Waals surface area contributed by atoms with E-state index in [9.17, 15) is 0 Å². The Morgan fingerprint density at radius 3 is 2.46 bits per heavy atom. The van der Waals surface area contributed by atoms with E-state index in [4.69, 9.17) is 9.47 Å². The van der Waals surface area contributed by atoms with Gasteiger partial charge in [-0.3, -0.25) is 0 Å². The van der Waals surface area contributed by atoms with Gasteiger partial charge in [0.2, 0.25) is 0 Å². The number of hydrogen-bond donors (Lipinski definition) is 1. The quantitative estimate of drug-likeness (QED) is 0.658. The van der Waals surface area contributed by atoms with Gasteiger partial charge >= 0.3 is 0 Å².